The van der Waals surface area contributed by atoms with Gasteiger partial charge in [-0.05, 0) is 30.7 Å². The fraction of sp³-hybridized carbons (Fsp3) is 0.348. The first-order valence-corrected chi connectivity index (χ1v) is 11.7. The van der Waals surface area contributed by atoms with Crippen LogP contribution in [0, 0.1) is 5.82 Å². The lowest BCUT2D eigenvalue weighted by Gasteiger charge is -2.27. The van der Waals surface area contributed by atoms with Crippen LogP contribution in [0.3, 0.4) is 0 Å². The Kier molecular flexibility index (Phi) is 7.62. The van der Waals surface area contributed by atoms with Crippen molar-refractivity contribution < 1.29 is 18.3 Å². The molecule has 5 rings (SSSR count). The molecule has 11 heteroatoms. The van der Waals surface area contributed by atoms with Crippen molar-refractivity contribution in [2.45, 2.75) is 13.0 Å². The van der Waals surface area contributed by atoms with E-state index in [1.54, 1.807) is 41.3 Å². The third-order valence-electron chi connectivity index (χ3n) is 5.72. The van der Waals surface area contributed by atoms with Gasteiger partial charge in [-0.25, -0.2) is 14.2 Å². The molecule has 0 spiro atoms. The number of hydrogen-bond donors (Lipinski definition) is 0. The molecule has 2 aromatic carbocycles. The Morgan fingerprint density at radius 2 is 1.94 bits per heavy atom. The number of benzene rings is 2. The molecular weight excluding hydrogens is 483 g/mol. The normalized spacial score (nSPS) is 14.4. The van der Waals surface area contributed by atoms with Crippen molar-refractivity contribution in [3.8, 4) is 0 Å². The lowest BCUT2D eigenvalue weighted by Crippen LogP contribution is -2.40. The summed E-state index contributed by atoms with van der Waals surface area (Å²) in [5, 5.41) is 0.419. The number of anilines is 1. The number of morpholine rings is 1. The van der Waals surface area contributed by atoms with Gasteiger partial charge in [0, 0.05) is 26.2 Å². The number of carbonyl (C=O) groups excluding carboxylic acids is 1. The summed E-state index contributed by atoms with van der Waals surface area (Å²) in [6, 6.07) is 11.7. The zero-order chi connectivity index (χ0) is 22.8. The Labute approximate surface area is 204 Å². The first-order valence-electron chi connectivity index (χ1n) is 10.8. The fourth-order valence-corrected chi connectivity index (χ4v) is 5.03. The molecule has 2 aromatic heterocycles. The van der Waals surface area contributed by atoms with Gasteiger partial charge >= 0.3 is 5.76 Å². The van der Waals surface area contributed by atoms with E-state index in [1.165, 1.54) is 22.0 Å². The lowest BCUT2D eigenvalue weighted by atomic mass is 10.3. The van der Waals surface area contributed by atoms with Crippen molar-refractivity contribution in [3.63, 3.8) is 0 Å². The van der Waals surface area contributed by atoms with E-state index in [9.17, 15) is 14.0 Å². The summed E-state index contributed by atoms with van der Waals surface area (Å²) in [5.74, 6) is -1.31. The van der Waals surface area contributed by atoms with E-state index in [-0.39, 0.29) is 30.4 Å². The summed E-state index contributed by atoms with van der Waals surface area (Å²) in [6.07, 6.45) is 0.713. The summed E-state index contributed by atoms with van der Waals surface area (Å²) < 4.78 is 26.9. The molecule has 1 amide bonds. The van der Waals surface area contributed by atoms with Crippen LogP contribution in [-0.4, -0.2) is 59.8 Å². The highest BCUT2D eigenvalue weighted by Crippen LogP contribution is 2.30. The molecule has 0 bridgehead atoms. The van der Waals surface area contributed by atoms with Crippen LogP contribution < -0.4 is 10.7 Å². The lowest BCUT2D eigenvalue weighted by molar-refractivity contribution is -0.119. The topological polar surface area (TPSA) is 80.8 Å². The minimum atomic E-state index is -0.590. The molecule has 1 fully saturated rings. The summed E-state index contributed by atoms with van der Waals surface area (Å²) >= 11 is 1.26. The van der Waals surface area contributed by atoms with Crippen molar-refractivity contribution in [1.29, 1.82) is 0 Å². The molecular formula is C23H24ClFN4O4S. The first kappa shape index (κ1) is 24.3. The third kappa shape index (κ3) is 5.00. The van der Waals surface area contributed by atoms with Gasteiger partial charge < -0.3 is 9.15 Å². The SMILES string of the molecule is Cl.O=C(Cn1c(=O)oc2ccccc21)N(CCCN1CCOCC1)c1nc2c(F)cccc2s1. The largest absolute Gasteiger partial charge is 0.420 e. The highest BCUT2D eigenvalue weighted by atomic mass is 35.5. The molecule has 34 heavy (non-hydrogen) atoms. The number of nitrogens with zero attached hydrogens (tertiary/aromatic N) is 4. The summed E-state index contributed by atoms with van der Waals surface area (Å²) in [7, 11) is 0. The van der Waals surface area contributed by atoms with Gasteiger partial charge in [0.05, 0.1) is 23.4 Å². The quantitative estimate of drug-likeness (QED) is 0.381. The average molecular weight is 507 g/mol. The Hall–Kier alpha value is -2.79. The van der Waals surface area contributed by atoms with E-state index < -0.39 is 11.6 Å². The predicted octanol–water partition coefficient (Wildman–Crippen LogP) is 3.52. The Balaban J connectivity index is 0.00000274. The minimum absolute atomic E-state index is 0. The van der Waals surface area contributed by atoms with Crippen molar-refractivity contribution >= 4 is 56.1 Å². The van der Waals surface area contributed by atoms with Gasteiger partial charge in [-0.2, -0.15) is 0 Å². The van der Waals surface area contributed by atoms with Crippen LogP contribution in [0.25, 0.3) is 21.3 Å². The number of ether oxygens (including phenoxy) is 1. The maximum absolute atomic E-state index is 14.3. The van der Waals surface area contributed by atoms with Crippen molar-refractivity contribution in [3.05, 3.63) is 58.8 Å². The summed E-state index contributed by atoms with van der Waals surface area (Å²) in [4.78, 5) is 34.1. The molecule has 0 radical (unpaired) electrons. The second-order valence-corrected chi connectivity index (χ2v) is 8.87. The van der Waals surface area contributed by atoms with Gasteiger partial charge in [0.1, 0.15) is 17.9 Å². The van der Waals surface area contributed by atoms with Gasteiger partial charge in [-0.1, -0.05) is 29.5 Å². The maximum atomic E-state index is 14.3. The number of para-hydroxylation sites is 3. The third-order valence-corrected chi connectivity index (χ3v) is 6.76. The van der Waals surface area contributed by atoms with Crippen LogP contribution >= 0.6 is 23.7 Å². The standard InChI is InChI=1S/C23H23FN4O4S.ClH/c24-16-5-3-8-19-21(16)25-22(33-19)27(10-4-9-26-11-13-31-14-12-26)20(29)15-28-17-6-1-2-7-18(17)32-23(28)30;/h1-3,5-8H,4,9-15H2;1H. The summed E-state index contributed by atoms with van der Waals surface area (Å²) in [5.41, 5.74) is 1.23. The highest BCUT2D eigenvalue weighted by molar-refractivity contribution is 7.22. The number of thiazole rings is 1. The zero-order valence-corrected chi connectivity index (χ0v) is 19.9. The second kappa shape index (κ2) is 10.6. The molecule has 0 N–H and O–H groups in total. The van der Waals surface area contributed by atoms with E-state index in [0.29, 0.717) is 47.1 Å². The molecule has 1 saturated heterocycles. The Bertz CT molecular complexity index is 1350. The van der Waals surface area contributed by atoms with E-state index in [1.807, 2.05) is 0 Å². The number of hydrogen-bond acceptors (Lipinski definition) is 7. The molecule has 0 saturated carbocycles. The van der Waals surface area contributed by atoms with Crippen molar-refractivity contribution in [1.82, 2.24) is 14.5 Å². The number of fused-ring (bicyclic) bond motifs is 2. The number of rotatable bonds is 7. The van der Waals surface area contributed by atoms with Gasteiger partial charge in [0.2, 0.25) is 5.91 Å². The number of amides is 1. The second-order valence-electron chi connectivity index (χ2n) is 7.86. The molecule has 3 heterocycles. The monoisotopic (exact) mass is 506 g/mol. The molecule has 180 valence electrons. The predicted molar refractivity (Wildman–Crippen MR) is 132 cm³/mol. The highest BCUT2D eigenvalue weighted by Gasteiger charge is 2.23. The van der Waals surface area contributed by atoms with Gasteiger partial charge in [-0.15, -0.1) is 12.4 Å². The molecule has 4 aromatic rings. The van der Waals surface area contributed by atoms with Crippen molar-refractivity contribution in [2.75, 3.05) is 44.3 Å². The minimum Gasteiger partial charge on any atom is -0.408 e. The molecule has 8 nitrogen and oxygen atoms in total. The first-order chi connectivity index (χ1) is 16.1. The van der Waals surface area contributed by atoms with E-state index >= 15 is 0 Å². The molecule has 1 aliphatic rings. The van der Waals surface area contributed by atoms with E-state index in [0.717, 1.165) is 19.6 Å². The van der Waals surface area contributed by atoms with Gasteiger partial charge in [-0.3, -0.25) is 19.2 Å². The number of halogens is 2. The number of oxazole rings is 1. The Morgan fingerprint density at radius 1 is 1.15 bits per heavy atom. The smallest absolute Gasteiger partial charge is 0.408 e. The maximum Gasteiger partial charge on any atom is 0.420 e. The van der Waals surface area contributed by atoms with Crippen LogP contribution in [0.1, 0.15) is 6.42 Å². The van der Waals surface area contributed by atoms with Crippen LogP contribution in [0.5, 0.6) is 0 Å². The number of aromatic nitrogens is 2. The van der Waals surface area contributed by atoms with Crippen LogP contribution in [0.4, 0.5) is 9.52 Å². The fourth-order valence-electron chi connectivity index (χ4n) is 4.01. The van der Waals surface area contributed by atoms with Crippen LogP contribution in [0.15, 0.2) is 51.7 Å². The summed E-state index contributed by atoms with van der Waals surface area (Å²) in [6.45, 7) is 4.15. The molecule has 0 atom stereocenters. The van der Waals surface area contributed by atoms with Gasteiger partial charge in [0.15, 0.2) is 10.7 Å². The molecule has 0 aliphatic carbocycles. The molecule has 1 aliphatic heterocycles. The molecule has 0 unspecified atom stereocenters. The Morgan fingerprint density at radius 3 is 2.74 bits per heavy atom. The zero-order valence-electron chi connectivity index (χ0n) is 18.3. The number of carbonyl (C=O) groups is 1. The van der Waals surface area contributed by atoms with Gasteiger partial charge in [0.25, 0.3) is 0 Å². The van der Waals surface area contributed by atoms with E-state index in [2.05, 4.69) is 9.88 Å². The average Bonchev–Trinajstić information content (AvgIpc) is 3.39. The van der Waals surface area contributed by atoms with E-state index in [4.69, 9.17) is 9.15 Å². The van der Waals surface area contributed by atoms with Crippen molar-refractivity contribution in [2.24, 2.45) is 0 Å². The van der Waals surface area contributed by atoms with Crippen LogP contribution in [0.2, 0.25) is 0 Å². The van der Waals surface area contributed by atoms with Crippen LogP contribution in [-0.2, 0) is 16.1 Å².